The van der Waals surface area contributed by atoms with Crippen molar-refractivity contribution in [3.05, 3.63) is 40.3 Å². The fraction of sp³-hybridized carbons (Fsp3) is 0.333. The Balaban J connectivity index is 2.20. The zero-order valence-corrected chi connectivity index (χ0v) is 13.0. The van der Waals surface area contributed by atoms with Crippen molar-refractivity contribution in [2.75, 3.05) is 0 Å². The highest BCUT2D eigenvalue weighted by Crippen LogP contribution is 2.36. The first-order valence-electron chi connectivity index (χ1n) is 5.89. The first-order valence-corrected chi connectivity index (χ1v) is 8.14. The largest absolute Gasteiger partial charge is 0.254 e. The van der Waals surface area contributed by atoms with Crippen molar-refractivity contribution in [3.8, 4) is 0 Å². The zero-order valence-electron chi connectivity index (χ0n) is 11.3. The maximum absolute atomic E-state index is 12.3. The van der Waals surface area contributed by atoms with Crippen molar-refractivity contribution in [1.82, 2.24) is 9.25 Å². The minimum absolute atomic E-state index is 0.155. The van der Waals surface area contributed by atoms with Gasteiger partial charge in [-0.05, 0) is 50.4 Å². The van der Waals surface area contributed by atoms with Gasteiger partial charge in [0.25, 0.3) is 10.0 Å². The van der Waals surface area contributed by atoms with Crippen molar-refractivity contribution in [1.29, 1.82) is 0 Å². The van der Waals surface area contributed by atoms with E-state index >= 15 is 0 Å². The summed E-state index contributed by atoms with van der Waals surface area (Å²) in [6, 6.07) is 6.50. The van der Waals surface area contributed by atoms with E-state index < -0.39 is 16.3 Å². The first-order chi connectivity index (χ1) is 9.35. The number of allylic oxidation sites excluding steroid dienone is 1. The van der Waals surface area contributed by atoms with Gasteiger partial charge in [0.1, 0.15) is 0 Å². The van der Waals surface area contributed by atoms with E-state index in [0.29, 0.717) is 0 Å². The van der Waals surface area contributed by atoms with Crippen LogP contribution in [0.15, 0.2) is 39.6 Å². The van der Waals surface area contributed by atoms with E-state index in [2.05, 4.69) is 9.72 Å². The lowest BCUT2D eigenvalue weighted by Gasteiger charge is -2.22. The highest BCUT2D eigenvalue weighted by Gasteiger charge is 2.34. The van der Waals surface area contributed by atoms with Gasteiger partial charge in [0.05, 0.1) is 4.90 Å². The summed E-state index contributed by atoms with van der Waals surface area (Å²) in [6.45, 7) is 5.47. The second kappa shape index (κ2) is 5.84. The van der Waals surface area contributed by atoms with Gasteiger partial charge >= 0.3 is 0 Å². The van der Waals surface area contributed by atoms with Gasteiger partial charge in [-0.15, -0.1) is 9.25 Å². The second-order valence-electron chi connectivity index (χ2n) is 4.52. The Morgan fingerprint density at radius 2 is 1.85 bits per heavy atom. The molecule has 0 aliphatic carbocycles. The Morgan fingerprint density at radius 1 is 1.25 bits per heavy atom. The fourth-order valence-electron chi connectivity index (χ4n) is 1.69. The monoisotopic (exact) mass is 316 g/mol. The van der Waals surface area contributed by atoms with Gasteiger partial charge in [-0.25, -0.2) is 18.6 Å². The highest BCUT2D eigenvalue weighted by molar-refractivity contribution is 8.01. The average Bonchev–Trinajstić information content (AvgIpc) is 2.64. The summed E-state index contributed by atoms with van der Waals surface area (Å²) >= 11 is 1.17. The van der Waals surface area contributed by atoms with Crippen LogP contribution in [0.2, 0.25) is 0 Å². The van der Waals surface area contributed by atoms with E-state index in [1.165, 1.54) is 28.5 Å². The van der Waals surface area contributed by atoms with E-state index in [-0.39, 0.29) is 4.90 Å². The molecule has 1 aromatic rings. The van der Waals surface area contributed by atoms with Crippen LogP contribution < -0.4 is 4.83 Å². The van der Waals surface area contributed by atoms with E-state index in [1.54, 1.807) is 19.1 Å². The number of hydrogen-bond donors (Lipinski definition) is 2. The predicted octanol–water partition coefficient (Wildman–Crippen LogP) is 2.26. The molecule has 110 valence electrons. The normalized spacial score (nSPS) is 20.7. The quantitative estimate of drug-likeness (QED) is 0.504. The summed E-state index contributed by atoms with van der Waals surface area (Å²) in [6.07, 6.45) is -0.833. The molecule has 0 aromatic heterocycles. The number of nitrogens with one attached hydrogen (secondary N) is 1. The third-order valence-corrected chi connectivity index (χ3v) is 5.54. The first kappa shape index (κ1) is 15.5. The Bertz CT molecular complexity index is 625. The van der Waals surface area contributed by atoms with Crippen LogP contribution in [-0.4, -0.2) is 24.3 Å². The molecule has 8 heteroatoms. The van der Waals surface area contributed by atoms with Crippen LogP contribution in [0.3, 0.4) is 0 Å². The van der Waals surface area contributed by atoms with E-state index in [9.17, 15) is 8.42 Å². The number of aryl methyl sites for hydroxylation is 1. The third kappa shape index (κ3) is 3.05. The predicted molar refractivity (Wildman–Crippen MR) is 76.8 cm³/mol. The van der Waals surface area contributed by atoms with Gasteiger partial charge in [0, 0.05) is 4.91 Å². The minimum Gasteiger partial charge on any atom is -0.250 e. The molecule has 1 aromatic carbocycles. The molecule has 1 unspecified atom stereocenters. The maximum atomic E-state index is 12.3. The van der Waals surface area contributed by atoms with Crippen LogP contribution >= 0.6 is 11.9 Å². The molecular formula is C12H16N2O4S2. The summed E-state index contributed by atoms with van der Waals surface area (Å²) in [4.78, 5) is 7.75. The molecule has 0 spiro atoms. The summed E-state index contributed by atoms with van der Waals surface area (Å²) in [5.41, 5.74) is 1.73. The second-order valence-corrected chi connectivity index (χ2v) is 7.37. The minimum atomic E-state index is -3.71. The van der Waals surface area contributed by atoms with Gasteiger partial charge in [-0.1, -0.05) is 17.7 Å². The van der Waals surface area contributed by atoms with Crippen LogP contribution in [0.5, 0.6) is 0 Å². The number of hydrazine groups is 1. The number of nitrogens with zero attached hydrogens (tertiary/aromatic N) is 1. The average molecular weight is 316 g/mol. The maximum Gasteiger partial charge on any atom is 0.254 e. The number of rotatable bonds is 4. The molecule has 6 nitrogen and oxygen atoms in total. The number of benzene rings is 1. The molecule has 1 atom stereocenters. The van der Waals surface area contributed by atoms with Crippen molar-refractivity contribution in [2.24, 2.45) is 0 Å². The van der Waals surface area contributed by atoms with Gasteiger partial charge in [0.15, 0.2) is 6.23 Å². The molecular weight excluding hydrogens is 300 g/mol. The summed E-state index contributed by atoms with van der Waals surface area (Å²) < 4.78 is 25.8. The van der Waals surface area contributed by atoms with Crippen LogP contribution in [-0.2, 0) is 14.9 Å². The lowest BCUT2D eigenvalue weighted by molar-refractivity contribution is -0.290. The summed E-state index contributed by atoms with van der Waals surface area (Å²) in [7, 11) is -3.71. The van der Waals surface area contributed by atoms with E-state index in [4.69, 9.17) is 5.26 Å². The molecule has 2 N–H and O–H groups in total. The molecule has 0 fully saturated rings. The standard InChI is InChI=1S/C12H16N2O4S2/c1-8-4-6-11(7-5-8)20(16,17)13-14-12(18-15)9(2)10(3)19-14/h4-7,12-13,15H,1-3H3. The Labute approximate surface area is 122 Å². The third-order valence-electron chi connectivity index (χ3n) is 3.02. The smallest absolute Gasteiger partial charge is 0.250 e. The topological polar surface area (TPSA) is 78.9 Å². The lowest BCUT2D eigenvalue weighted by atomic mass is 10.2. The Morgan fingerprint density at radius 3 is 2.40 bits per heavy atom. The fourth-order valence-corrected chi connectivity index (χ4v) is 3.90. The van der Waals surface area contributed by atoms with Gasteiger partial charge in [0.2, 0.25) is 0 Å². The van der Waals surface area contributed by atoms with Crippen LogP contribution in [0.1, 0.15) is 19.4 Å². The summed E-state index contributed by atoms with van der Waals surface area (Å²) in [5.74, 6) is 0. The molecule has 0 amide bonds. The van der Waals surface area contributed by atoms with Crippen molar-refractivity contribution in [3.63, 3.8) is 0 Å². The molecule has 20 heavy (non-hydrogen) atoms. The lowest BCUT2D eigenvalue weighted by Crippen LogP contribution is -2.43. The van der Waals surface area contributed by atoms with Gasteiger partial charge in [-0.3, -0.25) is 0 Å². The Kier molecular flexibility index (Phi) is 4.52. The number of sulfonamides is 1. The SMILES string of the molecule is CC1=C(C)C(OO)N(NS(=O)(=O)c2ccc(C)cc2)S1. The van der Waals surface area contributed by atoms with Crippen LogP contribution in [0.4, 0.5) is 0 Å². The van der Waals surface area contributed by atoms with Crippen molar-refractivity contribution < 1.29 is 18.6 Å². The molecule has 0 saturated heterocycles. The molecule has 1 aliphatic rings. The molecule has 0 saturated carbocycles. The van der Waals surface area contributed by atoms with E-state index in [1.807, 2.05) is 13.8 Å². The van der Waals surface area contributed by atoms with Crippen LogP contribution in [0.25, 0.3) is 0 Å². The number of hydrogen-bond acceptors (Lipinski definition) is 6. The molecule has 0 radical (unpaired) electrons. The molecule has 1 heterocycles. The van der Waals surface area contributed by atoms with Gasteiger partial charge in [-0.2, -0.15) is 0 Å². The van der Waals surface area contributed by atoms with Crippen molar-refractivity contribution >= 4 is 22.0 Å². The van der Waals surface area contributed by atoms with Gasteiger partial charge < -0.3 is 0 Å². The van der Waals surface area contributed by atoms with Crippen molar-refractivity contribution in [2.45, 2.75) is 31.9 Å². The van der Waals surface area contributed by atoms with Crippen LogP contribution in [0, 0.1) is 6.92 Å². The molecule has 2 rings (SSSR count). The Hall–Kier alpha value is -0.900. The molecule has 1 aliphatic heterocycles. The van der Waals surface area contributed by atoms with E-state index in [0.717, 1.165) is 16.0 Å². The summed E-state index contributed by atoms with van der Waals surface area (Å²) in [5, 5.41) is 8.90. The highest BCUT2D eigenvalue weighted by atomic mass is 32.2. The molecule has 0 bridgehead atoms. The zero-order chi connectivity index (χ0) is 14.9.